The molecule has 1 aromatic heterocycles. The Morgan fingerprint density at radius 1 is 1.50 bits per heavy atom. The maximum Gasteiger partial charge on any atom is 0.224 e. The predicted molar refractivity (Wildman–Crippen MR) is 82.7 cm³/mol. The molecule has 1 saturated heterocycles. The fraction of sp³-hybridized carbons (Fsp3) is 0.467. The van der Waals surface area contributed by atoms with E-state index in [4.69, 9.17) is 0 Å². The number of carbonyl (C=O) groups is 1. The number of tetrazole rings is 1. The molecule has 0 aliphatic carbocycles. The molecule has 0 bridgehead atoms. The van der Waals surface area contributed by atoms with Crippen molar-refractivity contribution in [3.8, 4) is 5.69 Å². The Hall–Kier alpha value is -2.28. The van der Waals surface area contributed by atoms with Crippen LogP contribution in [0.1, 0.15) is 25.1 Å². The summed E-state index contributed by atoms with van der Waals surface area (Å²) in [6, 6.07) is 7.53. The number of amides is 1. The van der Waals surface area contributed by atoms with Crippen molar-refractivity contribution in [3.63, 3.8) is 0 Å². The third-order valence-corrected chi connectivity index (χ3v) is 3.94. The van der Waals surface area contributed by atoms with Gasteiger partial charge in [-0.2, -0.15) is 4.68 Å². The second-order valence-corrected chi connectivity index (χ2v) is 5.63. The first-order chi connectivity index (χ1) is 10.7. The summed E-state index contributed by atoms with van der Waals surface area (Å²) in [4.78, 5) is 12.1. The quantitative estimate of drug-likeness (QED) is 0.869. The molecule has 116 valence electrons. The lowest BCUT2D eigenvalue weighted by Gasteiger charge is -2.10. The molecule has 0 spiro atoms. The van der Waals surface area contributed by atoms with Gasteiger partial charge in [0.25, 0.3) is 0 Å². The Morgan fingerprint density at radius 2 is 2.41 bits per heavy atom. The summed E-state index contributed by atoms with van der Waals surface area (Å²) in [7, 11) is 0. The van der Waals surface area contributed by atoms with Crippen LogP contribution in [0.4, 0.5) is 5.69 Å². The average Bonchev–Trinajstić information content (AvgIpc) is 3.16. The molecular formula is C15H20N6O. The molecule has 7 heteroatoms. The summed E-state index contributed by atoms with van der Waals surface area (Å²) in [5.74, 6) is 1.38. The SMILES string of the molecule is Cc1nnnn1-c1cccc(NC(=O)CCC2CCNC2)c1. The number of nitrogens with one attached hydrogen (secondary N) is 2. The number of aromatic nitrogens is 4. The lowest BCUT2D eigenvalue weighted by Crippen LogP contribution is -2.15. The minimum Gasteiger partial charge on any atom is -0.326 e. The van der Waals surface area contributed by atoms with Crippen LogP contribution >= 0.6 is 0 Å². The van der Waals surface area contributed by atoms with Crippen LogP contribution in [0.25, 0.3) is 5.69 Å². The highest BCUT2D eigenvalue weighted by Crippen LogP contribution is 2.17. The van der Waals surface area contributed by atoms with Gasteiger partial charge in [-0.05, 0) is 67.4 Å². The third-order valence-electron chi connectivity index (χ3n) is 3.94. The highest BCUT2D eigenvalue weighted by Gasteiger charge is 2.15. The molecule has 1 amide bonds. The Kier molecular flexibility index (Phi) is 4.43. The van der Waals surface area contributed by atoms with Crippen LogP contribution in [0, 0.1) is 12.8 Å². The van der Waals surface area contributed by atoms with Gasteiger partial charge < -0.3 is 10.6 Å². The van der Waals surface area contributed by atoms with Crippen LogP contribution in [-0.2, 0) is 4.79 Å². The number of rotatable bonds is 5. The normalized spacial score (nSPS) is 17.6. The van der Waals surface area contributed by atoms with Gasteiger partial charge in [0.2, 0.25) is 5.91 Å². The van der Waals surface area contributed by atoms with Gasteiger partial charge in [0.05, 0.1) is 5.69 Å². The Labute approximate surface area is 129 Å². The van der Waals surface area contributed by atoms with Crippen molar-refractivity contribution in [3.05, 3.63) is 30.1 Å². The van der Waals surface area contributed by atoms with Gasteiger partial charge in [-0.15, -0.1) is 5.10 Å². The van der Waals surface area contributed by atoms with Gasteiger partial charge in [0.1, 0.15) is 0 Å². The Morgan fingerprint density at radius 3 is 3.14 bits per heavy atom. The Balaban J connectivity index is 1.60. The van der Waals surface area contributed by atoms with Crippen LogP contribution < -0.4 is 10.6 Å². The molecule has 1 unspecified atom stereocenters. The third kappa shape index (κ3) is 3.48. The van der Waals surface area contributed by atoms with Crippen LogP contribution in [0.5, 0.6) is 0 Å². The van der Waals surface area contributed by atoms with Gasteiger partial charge in [-0.1, -0.05) is 6.07 Å². The molecule has 0 saturated carbocycles. The second-order valence-electron chi connectivity index (χ2n) is 5.63. The van der Waals surface area contributed by atoms with Crippen molar-refractivity contribution in [2.45, 2.75) is 26.2 Å². The zero-order valence-corrected chi connectivity index (χ0v) is 12.6. The number of anilines is 1. The fourth-order valence-corrected chi connectivity index (χ4v) is 2.71. The smallest absolute Gasteiger partial charge is 0.224 e. The minimum absolute atomic E-state index is 0.0532. The van der Waals surface area contributed by atoms with Crippen molar-refractivity contribution in [1.82, 2.24) is 25.5 Å². The van der Waals surface area contributed by atoms with Crippen LogP contribution in [0.2, 0.25) is 0 Å². The van der Waals surface area contributed by atoms with E-state index >= 15 is 0 Å². The largest absolute Gasteiger partial charge is 0.326 e. The molecule has 7 nitrogen and oxygen atoms in total. The van der Waals surface area contributed by atoms with Crippen molar-refractivity contribution in [2.75, 3.05) is 18.4 Å². The van der Waals surface area contributed by atoms with E-state index < -0.39 is 0 Å². The second kappa shape index (κ2) is 6.65. The van der Waals surface area contributed by atoms with Crippen LogP contribution in [-0.4, -0.2) is 39.2 Å². The first-order valence-corrected chi connectivity index (χ1v) is 7.58. The van der Waals surface area contributed by atoms with E-state index in [0.717, 1.165) is 30.9 Å². The van der Waals surface area contributed by atoms with E-state index in [1.165, 1.54) is 6.42 Å². The molecule has 1 atom stereocenters. The van der Waals surface area contributed by atoms with Crippen molar-refractivity contribution < 1.29 is 4.79 Å². The van der Waals surface area contributed by atoms with E-state index in [0.29, 0.717) is 18.2 Å². The van der Waals surface area contributed by atoms with Crippen LogP contribution in [0.3, 0.4) is 0 Å². The van der Waals surface area contributed by atoms with Gasteiger partial charge in [-0.25, -0.2) is 0 Å². The van der Waals surface area contributed by atoms with E-state index in [-0.39, 0.29) is 5.91 Å². The van der Waals surface area contributed by atoms with Crippen molar-refractivity contribution >= 4 is 11.6 Å². The van der Waals surface area contributed by atoms with Gasteiger partial charge in [0.15, 0.2) is 5.82 Å². The monoisotopic (exact) mass is 300 g/mol. The standard InChI is InChI=1S/C15H20N6O/c1-11-18-19-20-21(11)14-4-2-3-13(9-14)17-15(22)6-5-12-7-8-16-10-12/h2-4,9,12,16H,5-8,10H2,1H3,(H,17,22). The number of hydrogen-bond donors (Lipinski definition) is 2. The number of carbonyl (C=O) groups excluding carboxylic acids is 1. The van der Waals surface area contributed by atoms with Crippen molar-refractivity contribution in [2.24, 2.45) is 5.92 Å². The molecule has 3 rings (SSSR count). The first kappa shape index (κ1) is 14.6. The van der Waals surface area contributed by atoms with Gasteiger partial charge in [-0.3, -0.25) is 4.79 Å². The minimum atomic E-state index is 0.0532. The maximum absolute atomic E-state index is 12.1. The lowest BCUT2D eigenvalue weighted by molar-refractivity contribution is -0.116. The Bertz CT molecular complexity index is 647. The molecule has 22 heavy (non-hydrogen) atoms. The topological polar surface area (TPSA) is 84.7 Å². The summed E-state index contributed by atoms with van der Waals surface area (Å²) in [5.41, 5.74) is 1.60. The molecule has 2 aromatic rings. The van der Waals surface area contributed by atoms with Crippen LogP contribution in [0.15, 0.2) is 24.3 Å². The van der Waals surface area contributed by atoms with E-state index in [9.17, 15) is 4.79 Å². The molecule has 1 aliphatic rings. The highest BCUT2D eigenvalue weighted by atomic mass is 16.1. The average molecular weight is 300 g/mol. The van der Waals surface area contributed by atoms with Gasteiger partial charge in [0, 0.05) is 12.1 Å². The van der Waals surface area contributed by atoms with E-state index in [2.05, 4.69) is 26.2 Å². The van der Waals surface area contributed by atoms with Crippen molar-refractivity contribution in [1.29, 1.82) is 0 Å². The molecule has 1 fully saturated rings. The molecular weight excluding hydrogens is 280 g/mol. The molecule has 0 radical (unpaired) electrons. The highest BCUT2D eigenvalue weighted by molar-refractivity contribution is 5.90. The molecule has 2 N–H and O–H groups in total. The maximum atomic E-state index is 12.1. The molecule has 1 aromatic carbocycles. The summed E-state index contributed by atoms with van der Waals surface area (Å²) in [5, 5.41) is 17.7. The number of aryl methyl sites for hydroxylation is 1. The summed E-state index contributed by atoms with van der Waals surface area (Å²) < 4.78 is 1.64. The predicted octanol–water partition coefficient (Wildman–Crippen LogP) is 1.30. The summed E-state index contributed by atoms with van der Waals surface area (Å²) in [6.07, 6.45) is 2.66. The summed E-state index contributed by atoms with van der Waals surface area (Å²) >= 11 is 0. The zero-order valence-electron chi connectivity index (χ0n) is 12.6. The summed E-state index contributed by atoms with van der Waals surface area (Å²) in [6.45, 7) is 3.93. The van der Waals surface area contributed by atoms with Gasteiger partial charge >= 0.3 is 0 Å². The number of hydrogen-bond acceptors (Lipinski definition) is 5. The zero-order chi connectivity index (χ0) is 15.4. The first-order valence-electron chi connectivity index (χ1n) is 7.58. The van der Waals surface area contributed by atoms with E-state index in [1.54, 1.807) is 4.68 Å². The lowest BCUT2D eigenvalue weighted by atomic mass is 10.0. The molecule has 2 heterocycles. The number of nitrogens with zero attached hydrogens (tertiary/aromatic N) is 4. The fourth-order valence-electron chi connectivity index (χ4n) is 2.71. The number of benzene rings is 1. The molecule has 1 aliphatic heterocycles. The van der Waals surface area contributed by atoms with E-state index in [1.807, 2.05) is 31.2 Å².